The molecule has 0 bridgehead atoms. The Morgan fingerprint density at radius 3 is 2.42 bits per heavy atom. The number of halogens is 1. The molecule has 1 heterocycles. The summed E-state index contributed by atoms with van der Waals surface area (Å²) in [7, 11) is 0. The van der Waals surface area contributed by atoms with Crippen LogP contribution in [0.5, 0.6) is 0 Å². The maximum atomic E-state index is 12.8. The number of piperazine rings is 1. The average molecular weight is 385 g/mol. The Hall–Kier alpha value is -1.81. The van der Waals surface area contributed by atoms with E-state index in [-0.39, 0.29) is 5.92 Å². The molecule has 0 radical (unpaired) electrons. The second-order valence-electron chi connectivity index (χ2n) is 6.65. The molecule has 2 fully saturated rings. The van der Waals surface area contributed by atoms with E-state index in [1.807, 2.05) is 12.1 Å². The highest BCUT2D eigenvalue weighted by molar-refractivity contribution is 9.10. The Morgan fingerprint density at radius 1 is 0.958 bits per heavy atom. The molecule has 4 heteroatoms. The van der Waals surface area contributed by atoms with E-state index in [0.29, 0.717) is 11.8 Å². The van der Waals surface area contributed by atoms with E-state index in [1.54, 1.807) is 0 Å². The van der Waals surface area contributed by atoms with Gasteiger partial charge in [-0.25, -0.2) is 0 Å². The predicted octanol–water partition coefficient (Wildman–Crippen LogP) is 3.90. The van der Waals surface area contributed by atoms with Gasteiger partial charge in [0, 0.05) is 42.3 Å². The molecule has 0 aromatic heterocycles. The zero-order valence-corrected chi connectivity index (χ0v) is 15.2. The summed E-state index contributed by atoms with van der Waals surface area (Å²) in [6.07, 6.45) is 0.994. The van der Waals surface area contributed by atoms with Gasteiger partial charge in [-0.2, -0.15) is 0 Å². The predicted molar refractivity (Wildman–Crippen MR) is 100 cm³/mol. The molecule has 0 spiro atoms. The first-order chi connectivity index (χ1) is 11.7. The summed E-state index contributed by atoms with van der Waals surface area (Å²) in [5.74, 6) is 0.928. The molecule has 2 aliphatic rings. The summed E-state index contributed by atoms with van der Waals surface area (Å²) < 4.78 is 1.09. The first kappa shape index (κ1) is 15.7. The number of rotatable bonds is 3. The summed E-state index contributed by atoms with van der Waals surface area (Å²) in [4.78, 5) is 17.2. The summed E-state index contributed by atoms with van der Waals surface area (Å²) in [5, 5.41) is 0. The fraction of sp³-hybridized carbons (Fsp3) is 0.350. The van der Waals surface area contributed by atoms with Gasteiger partial charge in [0.05, 0.1) is 0 Å². The van der Waals surface area contributed by atoms with Gasteiger partial charge in [-0.1, -0.05) is 46.3 Å². The van der Waals surface area contributed by atoms with Crippen molar-refractivity contribution in [2.24, 2.45) is 5.92 Å². The molecule has 4 rings (SSSR count). The van der Waals surface area contributed by atoms with Gasteiger partial charge >= 0.3 is 0 Å². The van der Waals surface area contributed by atoms with Gasteiger partial charge in [-0.15, -0.1) is 0 Å². The van der Waals surface area contributed by atoms with Crippen molar-refractivity contribution >= 4 is 27.5 Å². The molecule has 2 unspecified atom stereocenters. The van der Waals surface area contributed by atoms with Crippen molar-refractivity contribution in [3.63, 3.8) is 0 Å². The van der Waals surface area contributed by atoms with E-state index in [1.165, 1.54) is 11.3 Å². The van der Waals surface area contributed by atoms with Crippen LogP contribution in [0, 0.1) is 5.92 Å². The lowest BCUT2D eigenvalue weighted by molar-refractivity contribution is -0.132. The van der Waals surface area contributed by atoms with Crippen molar-refractivity contribution in [2.45, 2.75) is 12.3 Å². The van der Waals surface area contributed by atoms with Crippen molar-refractivity contribution in [3.8, 4) is 0 Å². The summed E-state index contributed by atoms with van der Waals surface area (Å²) >= 11 is 3.52. The van der Waals surface area contributed by atoms with Crippen LogP contribution >= 0.6 is 15.9 Å². The van der Waals surface area contributed by atoms with Crippen LogP contribution in [-0.2, 0) is 4.79 Å². The van der Waals surface area contributed by atoms with E-state index >= 15 is 0 Å². The smallest absolute Gasteiger partial charge is 0.226 e. The number of carbonyl (C=O) groups is 1. The van der Waals surface area contributed by atoms with Gasteiger partial charge in [-0.3, -0.25) is 4.79 Å². The highest BCUT2D eigenvalue weighted by Crippen LogP contribution is 2.49. The van der Waals surface area contributed by atoms with Gasteiger partial charge in [-0.05, 0) is 42.2 Å². The third-order valence-electron chi connectivity index (χ3n) is 5.10. The highest BCUT2D eigenvalue weighted by Gasteiger charge is 2.46. The number of para-hydroxylation sites is 1. The minimum Gasteiger partial charge on any atom is -0.368 e. The largest absolute Gasteiger partial charge is 0.368 e. The lowest BCUT2D eigenvalue weighted by atomic mass is 10.1. The zero-order valence-electron chi connectivity index (χ0n) is 13.6. The van der Waals surface area contributed by atoms with Gasteiger partial charge in [0.25, 0.3) is 0 Å². The Labute approximate surface area is 151 Å². The molecule has 24 heavy (non-hydrogen) atoms. The first-order valence-electron chi connectivity index (χ1n) is 8.56. The third kappa shape index (κ3) is 3.20. The molecule has 1 saturated carbocycles. The molecule has 1 saturated heterocycles. The van der Waals surface area contributed by atoms with Crippen LogP contribution < -0.4 is 4.90 Å². The molecular formula is C20H21BrN2O. The lowest BCUT2D eigenvalue weighted by Gasteiger charge is -2.36. The quantitative estimate of drug-likeness (QED) is 0.800. The Balaban J connectivity index is 1.34. The standard InChI is InChI=1S/C20H21BrN2O/c21-16-6-4-5-15(13-16)18-14-19(18)20(24)23-11-9-22(10-12-23)17-7-2-1-3-8-17/h1-8,13,18-19H,9-12,14H2. The Morgan fingerprint density at radius 2 is 1.71 bits per heavy atom. The van der Waals surface area contributed by atoms with Gasteiger partial charge in [0.2, 0.25) is 5.91 Å². The maximum Gasteiger partial charge on any atom is 0.226 e. The fourth-order valence-electron chi connectivity index (χ4n) is 3.63. The lowest BCUT2D eigenvalue weighted by Crippen LogP contribution is -2.49. The number of benzene rings is 2. The summed E-state index contributed by atoms with van der Waals surface area (Å²) in [5.41, 5.74) is 2.54. The molecule has 2 aromatic carbocycles. The number of amides is 1. The fourth-order valence-corrected chi connectivity index (χ4v) is 4.05. The number of hydrogen-bond acceptors (Lipinski definition) is 2. The number of carbonyl (C=O) groups excluding carboxylic acids is 1. The molecule has 1 amide bonds. The molecule has 2 atom stereocenters. The van der Waals surface area contributed by atoms with Crippen LogP contribution in [0.3, 0.4) is 0 Å². The first-order valence-corrected chi connectivity index (χ1v) is 9.36. The van der Waals surface area contributed by atoms with Crippen molar-refractivity contribution in [3.05, 3.63) is 64.6 Å². The molecule has 124 valence electrons. The third-order valence-corrected chi connectivity index (χ3v) is 5.59. The Kier molecular flexibility index (Phi) is 4.31. The van der Waals surface area contributed by atoms with Crippen molar-refractivity contribution in [2.75, 3.05) is 31.1 Å². The molecule has 0 N–H and O–H groups in total. The van der Waals surface area contributed by atoms with Crippen LogP contribution in [0.1, 0.15) is 17.9 Å². The van der Waals surface area contributed by atoms with E-state index in [9.17, 15) is 4.79 Å². The van der Waals surface area contributed by atoms with Crippen LogP contribution in [0.2, 0.25) is 0 Å². The minimum absolute atomic E-state index is 0.183. The highest BCUT2D eigenvalue weighted by atomic mass is 79.9. The van der Waals surface area contributed by atoms with Crippen molar-refractivity contribution in [1.29, 1.82) is 0 Å². The van der Waals surface area contributed by atoms with Gasteiger partial charge in [0.15, 0.2) is 0 Å². The topological polar surface area (TPSA) is 23.6 Å². The van der Waals surface area contributed by atoms with Crippen molar-refractivity contribution in [1.82, 2.24) is 4.90 Å². The molecular weight excluding hydrogens is 364 g/mol. The maximum absolute atomic E-state index is 12.8. The van der Waals surface area contributed by atoms with Gasteiger partial charge < -0.3 is 9.80 Å². The monoisotopic (exact) mass is 384 g/mol. The molecule has 1 aliphatic heterocycles. The molecule has 2 aromatic rings. The summed E-state index contributed by atoms with van der Waals surface area (Å²) in [6, 6.07) is 18.8. The second-order valence-corrected chi connectivity index (χ2v) is 7.57. The minimum atomic E-state index is 0.183. The number of nitrogens with zero attached hydrogens (tertiary/aromatic N) is 2. The van der Waals surface area contributed by atoms with Crippen LogP contribution in [0.4, 0.5) is 5.69 Å². The van der Waals surface area contributed by atoms with Crippen LogP contribution in [-0.4, -0.2) is 37.0 Å². The van der Waals surface area contributed by atoms with Crippen LogP contribution in [0.25, 0.3) is 0 Å². The molecule has 1 aliphatic carbocycles. The van der Waals surface area contributed by atoms with E-state index in [2.05, 4.69) is 68.2 Å². The number of hydrogen-bond donors (Lipinski definition) is 0. The molecule has 3 nitrogen and oxygen atoms in total. The van der Waals surface area contributed by atoms with E-state index in [0.717, 1.165) is 37.1 Å². The second kappa shape index (κ2) is 6.60. The van der Waals surface area contributed by atoms with Gasteiger partial charge in [0.1, 0.15) is 0 Å². The van der Waals surface area contributed by atoms with E-state index < -0.39 is 0 Å². The Bertz CT molecular complexity index is 725. The summed E-state index contributed by atoms with van der Waals surface area (Å²) in [6.45, 7) is 3.50. The van der Waals surface area contributed by atoms with Crippen molar-refractivity contribution < 1.29 is 4.79 Å². The zero-order chi connectivity index (χ0) is 16.5. The number of anilines is 1. The average Bonchev–Trinajstić information content (AvgIpc) is 3.43. The van der Waals surface area contributed by atoms with Crippen LogP contribution in [0.15, 0.2) is 59.1 Å². The SMILES string of the molecule is O=C(C1CC1c1cccc(Br)c1)N1CCN(c2ccccc2)CC1. The normalized spacial score (nSPS) is 23.2. The van der Waals surface area contributed by atoms with E-state index in [4.69, 9.17) is 0 Å².